The van der Waals surface area contributed by atoms with Crippen LogP contribution >= 0.6 is 0 Å². The summed E-state index contributed by atoms with van der Waals surface area (Å²) in [6, 6.07) is 0. The summed E-state index contributed by atoms with van der Waals surface area (Å²) in [5, 5.41) is 0. The van der Waals surface area contributed by atoms with Gasteiger partial charge in [0.2, 0.25) is 12.1 Å². The third-order valence-corrected chi connectivity index (χ3v) is 5.54. The molecule has 1 aliphatic carbocycles. The van der Waals surface area contributed by atoms with Crippen molar-refractivity contribution in [1.29, 1.82) is 0 Å². The summed E-state index contributed by atoms with van der Waals surface area (Å²) in [4.78, 5) is 44.1. The number of nitrogen functional groups attached to an aromatic ring is 1. The van der Waals surface area contributed by atoms with Crippen LogP contribution < -0.4 is 11.4 Å². The molecule has 1 unspecified atom stereocenters. The lowest BCUT2D eigenvalue weighted by atomic mass is 10.1. The first-order valence-electron chi connectivity index (χ1n) is 10.3. The lowest BCUT2D eigenvalue weighted by Gasteiger charge is -2.26. The predicted octanol–water partition coefficient (Wildman–Crippen LogP) is 1.25. The van der Waals surface area contributed by atoms with E-state index in [1.165, 1.54) is 10.8 Å². The molecule has 1 saturated carbocycles. The molecular weight excluding hydrogens is 470 g/mol. The number of hydrogen-bond donors (Lipinski definition) is 1. The van der Waals surface area contributed by atoms with Gasteiger partial charge in [-0.3, -0.25) is 14.2 Å². The summed E-state index contributed by atoms with van der Waals surface area (Å²) in [5.74, 6) is -2.41. The number of carbonyl (C=O) groups excluding carboxylic acids is 2. The lowest BCUT2D eigenvalue weighted by molar-refractivity contribution is -0.252. The summed E-state index contributed by atoms with van der Waals surface area (Å²) in [7, 11) is 0. The molecule has 0 amide bonds. The Morgan fingerprint density at radius 3 is 2.53 bits per heavy atom. The molecule has 0 radical (unpaired) electrons. The monoisotopic (exact) mass is 491 g/mol. The number of ether oxygens (including phenoxy) is 3. The number of aromatic nitrogens is 4. The zero-order valence-corrected chi connectivity index (χ0v) is 18.0. The highest BCUT2D eigenvalue weighted by molar-refractivity contribution is 5.72. The van der Waals surface area contributed by atoms with Gasteiger partial charge in [0.15, 0.2) is 24.2 Å². The number of imidazole rings is 1. The van der Waals surface area contributed by atoms with Crippen molar-refractivity contribution in [3.05, 3.63) is 16.7 Å². The number of hydrogen-bond acceptors (Lipinski definition) is 9. The molecule has 1 aliphatic heterocycles. The molecule has 1 saturated heterocycles. The van der Waals surface area contributed by atoms with Crippen LogP contribution in [0.5, 0.6) is 0 Å². The van der Waals surface area contributed by atoms with Gasteiger partial charge in [-0.2, -0.15) is 18.2 Å². The van der Waals surface area contributed by atoms with Crippen molar-refractivity contribution < 1.29 is 41.4 Å². The molecular formula is C19H21F4N5O6. The molecule has 186 valence electrons. The minimum absolute atomic E-state index is 0.135. The molecule has 0 spiro atoms. The van der Waals surface area contributed by atoms with Gasteiger partial charge in [0.05, 0.1) is 6.20 Å². The molecule has 2 aromatic heterocycles. The fourth-order valence-corrected chi connectivity index (χ4v) is 3.95. The van der Waals surface area contributed by atoms with Gasteiger partial charge in [-0.15, -0.1) is 0 Å². The van der Waals surface area contributed by atoms with Gasteiger partial charge in [0, 0.05) is 20.4 Å². The topological polar surface area (TPSA) is 141 Å². The summed E-state index contributed by atoms with van der Waals surface area (Å²) in [5.41, 5.74) is 4.92. The quantitative estimate of drug-likeness (QED) is 0.467. The molecule has 4 rings (SSSR count). The molecule has 2 fully saturated rings. The van der Waals surface area contributed by atoms with Gasteiger partial charge >= 0.3 is 23.8 Å². The molecule has 2 aromatic rings. The van der Waals surface area contributed by atoms with Gasteiger partial charge in [-0.1, -0.05) is 0 Å². The first kappa shape index (κ1) is 23.9. The van der Waals surface area contributed by atoms with Crippen molar-refractivity contribution in [2.24, 2.45) is 5.92 Å². The van der Waals surface area contributed by atoms with E-state index in [0.717, 1.165) is 31.3 Å². The Morgan fingerprint density at radius 1 is 1.29 bits per heavy atom. The molecule has 2 aliphatic rings. The van der Waals surface area contributed by atoms with Crippen molar-refractivity contribution in [3.8, 4) is 0 Å². The third-order valence-electron chi connectivity index (χ3n) is 5.54. The van der Waals surface area contributed by atoms with Crippen LogP contribution in [0.2, 0.25) is 0 Å². The largest absolute Gasteiger partial charge is 0.454 e. The molecule has 2 N–H and O–H groups in total. The Balaban J connectivity index is 1.84. The highest BCUT2D eigenvalue weighted by Crippen LogP contribution is 2.41. The van der Waals surface area contributed by atoms with Crippen LogP contribution in [0.15, 0.2) is 11.0 Å². The van der Waals surface area contributed by atoms with Crippen molar-refractivity contribution in [2.45, 2.75) is 70.1 Å². The molecule has 0 bridgehead atoms. The van der Waals surface area contributed by atoms with E-state index in [1.807, 2.05) is 0 Å². The van der Waals surface area contributed by atoms with E-state index in [9.17, 15) is 27.6 Å². The smallest absolute Gasteiger partial charge is 0.428 e. The SMILES string of the molecule is CC(=O)OC([C@H]1O[C@@H](n2c(=O)n(CC3CC3)c3cnc(N)nc32)[C@H](OC(C)=O)[C@H]1F)C(F)(F)F. The van der Waals surface area contributed by atoms with Crippen molar-refractivity contribution in [1.82, 2.24) is 19.1 Å². The second-order valence-corrected chi connectivity index (χ2v) is 8.22. The summed E-state index contributed by atoms with van der Waals surface area (Å²) in [6.07, 6.45) is -14.1. The number of rotatable bonds is 6. The molecule has 11 nitrogen and oxygen atoms in total. The highest BCUT2D eigenvalue weighted by Gasteiger charge is 2.60. The first-order valence-corrected chi connectivity index (χ1v) is 10.3. The summed E-state index contributed by atoms with van der Waals surface area (Å²) in [6.45, 7) is 1.91. The van der Waals surface area contributed by atoms with E-state index in [2.05, 4.69) is 14.7 Å². The fourth-order valence-electron chi connectivity index (χ4n) is 3.95. The number of nitrogens with zero attached hydrogens (tertiary/aromatic N) is 4. The fraction of sp³-hybridized carbons (Fsp3) is 0.632. The van der Waals surface area contributed by atoms with Crippen LogP contribution in [0.25, 0.3) is 11.2 Å². The molecule has 3 heterocycles. The Morgan fingerprint density at radius 2 is 1.97 bits per heavy atom. The van der Waals surface area contributed by atoms with Gasteiger partial charge in [-0.25, -0.2) is 18.7 Å². The second kappa shape index (κ2) is 8.52. The van der Waals surface area contributed by atoms with Crippen molar-refractivity contribution >= 4 is 29.1 Å². The van der Waals surface area contributed by atoms with Crippen molar-refractivity contribution in [3.63, 3.8) is 0 Å². The van der Waals surface area contributed by atoms with Crippen LogP contribution in [0, 0.1) is 5.92 Å². The average Bonchev–Trinajstić information content (AvgIpc) is 3.44. The Bertz CT molecular complexity index is 1180. The molecule has 34 heavy (non-hydrogen) atoms. The van der Waals surface area contributed by atoms with E-state index in [1.54, 1.807) is 0 Å². The minimum Gasteiger partial charge on any atom is -0.454 e. The number of alkyl halides is 4. The maximum atomic E-state index is 15.3. The third kappa shape index (κ3) is 4.43. The van der Waals surface area contributed by atoms with Gasteiger partial charge in [-0.05, 0) is 18.8 Å². The highest BCUT2D eigenvalue weighted by atomic mass is 19.4. The van der Waals surface area contributed by atoms with E-state index in [-0.39, 0.29) is 29.6 Å². The summed E-state index contributed by atoms with van der Waals surface area (Å²) >= 11 is 0. The number of halogens is 4. The molecule has 15 heteroatoms. The number of carbonyl (C=O) groups is 2. The van der Waals surface area contributed by atoms with Crippen LogP contribution in [0.3, 0.4) is 0 Å². The van der Waals surface area contributed by atoms with E-state index in [0.29, 0.717) is 0 Å². The zero-order chi connectivity index (χ0) is 24.9. The van der Waals surface area contributed by atoms with E-state index < -0.39 is 54.5 Å². The number of fused-ring (bicyclic) bond motifs is 1. The normalized spacial score (nSPS) is 25.9. The van der Waals surface area contributed by atoms with E-state index in [4.69, 9.17) is 15.2 Å². The molecule has 0 aromatic carbocycles. The number of nitrogens with two attached hydrogens (primary N) is 1. The van der Waals surface area contributed by atoms with Gasteiger partial charge < -0.3 is 19.9 Å². The van der Waals surface area contributed by atoms with E-state index >= 15 is 4.39 Å². The van der Waals surface area contributed by atoms with Crippen molar-refractivity contribution in [2.75, 3.05) is 5.73 Å². The zero-order valence-electron chi connectivity index (χ0n) is 18.0. The minimum atomic E-state index is -5.21. The van der Waals surface area contributed by atoms with Gasteiger partial charge in [0.1, 0.15) is 11.6 Å². The maximum absolute atomic E-state index is 15.3. The predicted molar refractivity (Wildman–Crippen MR) is 105 cm³/mol. The van der Waals surface area contributed by atoms with Crippen LogP contribution in [-0.4, -0.2) is 61.7 Å². The Hall–Kier alpha value is -3.23. The van der Waals surface area contributed by atoms with Crippen LogP contribution in [-0.2, 0) is 30.3 Å². The standard InChI is InChI=1S/C19H21F4N5O6/c1-7(29)32-13-11(20)12(14(19(21,22)23)33-8(2)30)34-16(13)28-15-10(5-25-17(24)26-15)27(18(28)31)6-9-3-4-9/h5,9,11-14,16H,3-4,6H2,1-2H3,(H2,24,25,26)/t11-,12-,13+,14?,16+/m0/s1. The second-order valence-electron chi connectivity index (χ2n) is 8.22. The Kier molecular flexibility index (Phi) is 5.99. The lowest BCUT2D eigenvalue weighted by Crippen LogP contribution is -2.47. The summed E-state index contributed by atoms with van der Waals surface area (Å²) < 4.78 is 72.8. The average molecular weight is 491 g/mol. The maximum Gasteiger partial charge on any atom is 0.428 e. The number of anilines is 1. The van der Waals surface area contributed by atoms with Crippen LogP contribution in [0.1, 0.15) is 32.9 Å². The molecule has 5 atom stereocenters. The van der Waals surface area contributed by atoms with Crippen LogP contribution in [0.4, 0.5) is 23.5 Å². The van der Waals surface area contributed by atoms with Gasteiger partial charge in [0.25, 0.3) is 0 Å². The Labute approximate surface area is 188 Å². The number of esters is 2. The first-order chi connectivity index (χ1) is 15.9.